The summed E-state index contributed by atoms with van der Waals surface area (Å²) in [6.07, 6.45) is 12.0. The van der Waals surface area contributed by atoms with E-state index in [9.17, 15) is 0 Å². The third-order valence-corrected chi connectivity index (χ3v) is 9.06. The Morgan fingerprint density at radius 2 is 1.81 bits per heavy atom. The van der Waals surface area contributed by atoms with Crippen LogP contribution in [0.4, 0.5) is 5.69 Å². The van der Waals surface area contributed by atoms with Gasteiger partial charge in [-0.15, -0.1) is 0 Å². The number of hydrogen-bond donors (Lipinski definition) is 2. The van der Waals surface area contributed by atoms with Gasteiger partial charge in [0.15, 0.2) is 0 Å². The third kappa shape index (κ3) is 6.16. The molecule has 5 nitrogen and oxygen atoms in total. The van der Waals surface area contributed by atoms with Crippen LogP contribution in [0.3, 0.4) is 0 Å². The molecule has 2 aliphatic carbocycles. The Kier molecular flexibility index (Phi) is 9.52. The van der Waals surface area contributed by atoms with Crippen LogP contribution in [0.1, 0.15) is 108 Å². The van der Waals surface area contributed by atoms with Crippen molar-refractivity contribution >= 4 is 23.1 Å². The number of aryl methyl sites for hydroxylation is 1. The number of nitrogens with one attached hydrogen (secondary N) is 2. The zero-order valence-electron chi connectivity index (χ0n) is 22.7. The van der Waals surface area contributed by atoms with Gasteiger partial charge in [-0.05, 0) is 87.5 Å². The number of nitrogens with zero attached hydrogens (tertiary/aromatic N) is 2. The van der Waals surface area contributed by atoms with Crippen molar-refractivity contribution in [2.24, 2.45) is 11.8 Å². The van der Waals surface area contributed by atoms with Crippen LogP contribution in [0.25, 0.3) is 0 Å². The third-order valence-electron chi connectivity index (χ3n) is 8.82. The molecule has 2 heterocycles. The van der Waals surface area contributed by atoms with Crippen molar-refractivity contribution < 1.29 is 4.52 Å². The van der Waals surface area contributed by atoms with Crippen molar-refractivity contribution in [3.8, 4) is 0 Å². The van der Waals surface area contributed by atoms with Gasteiger partial charge >= 0.3 is 0 Å². The van der Waals surface area contributed by atoms with Gasteiger partial charge in [-0.2, -0.15) is 0 Å². The summed E-state index contributed by atoms with van der Waals surface area (Å²) < 4.78 is 5.68. The van der Waals surface area contributed by atoms with Crippen molar-refractivity contribution in [2.75, 3.05) is 11.4 Å². The Morgan fingerprint density at radius 3 is 2.50 bits per heavy atom. The molecule has 1 aliphatic heterocycles. The lowest BCUT2D eigenvalue weighted by atomic mass is 9.76. The van der Waals surface area contributed by atoms with Gasteiger partial charge in [-0.3, -0.25) is 5.41 Å². The first-order valence-corrected chi connectivity index (χ1v) is 14.6. The predicted molar refractivity (Wildman–Crippen MR) is 150 cm³/mol. The second-order valence-electron chi connectivity index (χ2n) is 11.1. The second kappa shape index (κ2) is 12.6. The maximum absolute atomic E-state index is 8.69. The molecule has 0 spiro atoms. The fourth-order valence-corrected chi connectivity index (χ4v) is 6.24. The molecule has 36 heavy (non-hydrogen) atoms. The first-order valence-electron chi connectivity index (χ1n) is 14.3. The minimum absolute atomic E-state index is 0.296. The summed E-state index contributed by atoms with van der Waals surface area (Å²) in [5.41, 5.74) is 4.99. The standard InChI is InChI=1S/C24H31ClN4O.C6H14/c1-15(29-21-11-10-19(25)12-18(21)13-27-14-23(29)26)16-6-8-17(9-7-16)24-20-4-2-3-5-22(20)30-28-24;1-4-6(3)5-2/h10-12,15-17,26-27H,2-9,13-14H2,1H3;6H,4-5H2,1-3H3. The van der Waals surface area contributed by atoms with Crippen molar-refractivity contribution in [3.05, 3.63) is 45.8 Å². The van der Waals surface area contributed by atoms with Gasteiger partial charge in [-0.25, -0.2) is 0 Å². The average molecular weight is 513 g/mol. The SMILES string of the molecule is CC(C1CCC(c2noc3c2CCCC3)CC1)N1C(=N)CNCc2cc(Cl)ccc21.CCC(C)CC. The Morgan fingerprint density at radius 1 is 1.08 bits per heavy atom. The van der Waals surface area contributed by atoms with Crippen molar-refractivity contribution in [1.82, 2.24) is 10.5 Å². The molecule has 1 aromatic heterocycles. The van der Waals surface area contributed by atoms with Crippen LogP contribution in [0.2, 0.25) is 5.02 Å². The molecule has 2 aromatic rings. The highest BCUT2D eigenvalue weighted by atomic mass is 35.5. The molecule has 198 valence electrons. The summed E-state index contributed by atoms with van der Waals surface area (Å²) in [4.78, 5) is 2.24. The number of aromatic nitrogens is 1. The molecule has 0 saturated heterocycles. The Hall–Kier alpha value is -1.85. The molecule has 1 atom stereocenters. The number of hydrogen-bond acceptors (Lipinski definition) is 4. The molecule has 0 amide bonds. The van der Waals surface area contributed by atoms with Gasteiger partial charge in [0.2, 0.25) is 0 Å². The van der Waals surface area contributed by atoms with Crippen LogP contribution in [0, 0.1) is 17.2 Å². The maximum Gasteiger partial charge on any atom is 0.140 e. The van der Waals surface area contributed by atoms with Gasteiger partial charge < -0.3 is 14.7 Å². The molecule has 0 radical (unpaired) electrons. The summed E-state index contributed by atoms with van der Waals surface area (Å²) in [6, 6.07) is 6.36. The number of fused-ring (bicyclic) bond motifs is 2. The largest absolute Gasteiger partial charge is 0.361 e. The van der Waals surface area contributed by atoms with Crippen LogP contribution in [0.5, 0.6) is 0 Å². The molecule has 1 saturated carbocycles. The summed E-state index contributed by atoms with van der Waals surface area (Å²) in [5, 5.41) is 17.3. The lowest BCUT2D eigenvalue weighted by Gasteiger charge is -2.39. The van der Waals surface area contributed by atoms with E-state index >= 15 is 0 Å². The van der Waals surface area contributed by atoms with Crippen molar-refractivity contribution in [1.29, 1.82) is 5.41 Å². The highest BCUT2D eigenvalue weighted by Gasteiger charge is 2.35. The first kappa shape index (κ1) is 27.2. The van der Waals surface area contributed by atoms with E-state index in [1.165, 1.54) is 68.2 Å². The minimum Gasteiger partial charge on any atom is -0.361 e. The molecule has 1 aromatic carbocycles. The van der Waals surface area contributed by atoms with E-state index in [1.54, 1.807) is 0 Å². The molecule has 0 bridgehead atoms. The molecule has 1 unspecified atom stereocenters. The average Bonchev–Trinajstić information content (AvgIpc) is 3.26. The molecule has 3 aliphatic rings. The summed E-state index contributed by atoms with van der Waals surface area (Å²) in [6.45, 7) is 10.4. The van der Waals surface area contributed by atoms with Crippen molar-refractivity contribution in [2.45, 2.75) is 110 Å². The van der Waals surface area contributed by atoms with Gasteiger partial charge in [0.25, 0.3) is 0 Å². The van der Waals surface area contributed by atoms with E-state index in [2.05, 4.69) is 49.1 Å². The number of halogens is 1. The van der Waals surface area contributed by atoms with Gasteiger partial charge in [-0.1, -0.05) is 50.4 Å². The van der Waals surface area contributed by atoms with Crippen LogP contribution >= 0.6 is 11.6 Å². The number of benzene rings is 1. The predicted octanol–water partition coefficient (Wildman–Crippen LogP) is 7.90. The fourth-order valence-electron chi connectivity index (χ4n) is 6.05. The smallest absolute Gasteiger partial charge is 0.140 e. The maximum atomic E-state index is 8.69. The van der Waals surface area contributed by atoms with Gasteiger partial charge in [0.1, 0.15) is 11.6 Å². The highest BCUT2D eigenvalue weighted by molar-refractivity contribution is 6.30. The molecular formula is C30H45ClN4O. The van der Waals surface area contributed by atoms with Crippen molar-refractivity contribution in [3.63, 3.8) is 0 Å². The second-order valence-corrected chi connectivity index (χ2v) is 11.6. The Balaban J connectivity index is 0.000000455. The first-order chi connectivity index (χ1) is 17.4. The number of amidine groups is 1. The minimum atomic E-state index is 0.296. The van der Waals surface area contributed by atoms with E-state index in [1.807, 2.05) is 12.1 Å². The Bertz CT molecular complexity index is 1010. The quantitative estimate of drug-likeness (QED) is 0.427. The van der Waals surface area contributed by atoms with Crippen LogP contribution in [0.15, 0.2) is 22.7 Å². The van der Waals surface area contributed by atoms with Gasteiger partial charge in [0.05, 0.1) is 12.2 Å². The van der Waals surface area contributed by atoms with Gasteiger partial charge in [0, 0.05) is 41.2 Å². The lowest BCUT2D eigenvalue weighted by molar-refractivity contribution is 0.281. The summed E-state index contributed by atoms with van der Waals surface area (Å²) in [7, 11) is 0. The van der Waals surface area contributed by atoms with Crippen LogP contribution < -0.4 is 10.2 Å². The topological polar surface area (TPSA) is 65.2 Å². The van der Waals surface area contributed by atoms with Crippen LogP contribution in [-0.2, 0) is 19.4 Å². The molecular weight excluding hydrogens is 468 g/mol. The summed E-state index contributed by atoms with van der Waals surface area (Å²) in [5.74, 6) is 3.84. The van der Waals surface area contributed by atoms with Crippen LogP contribution in [-0.4, -0.2) is 23.6 Å². The van der Waals surface area contributed by atoms with E-state index < -0.39 is 0 Å². The normalized spacial score (nSPS) is 22.8. The molecule has 6 heteroatoms. The van der Waals surface area contributed by atoms with E-state index in [-0.39, 0.29) is 0 Å². The molecule has 2 N–H and O–H groups in total. The molecule has 5 rings (SSSR count). The Labute approximate surface area is 222 Å². The highest BCUT2D eigenvalue weighted by Crippen LogP contribution is 2.42. The zero-order chi connectivity index (χ0) is 25.7. The zero-order valence-corrected chi connectivity index (χ0v) is 23.5. The fraction of sp³-hybridized carbons (Fsp3) is 0.667. The number of rotatable bonds is 5. The van der Waals surface area contributed by atoms with E-state index in [0.717, 1.165) is 41.8 Å². The number of anilines is 1. The summed E-state index contributed by atoms with van der Waals surface area (Å²) >= 11 is 6.24. The van der Waals surface area contributed by atoms with E-state index in [0.29, 0.717) is 30.3 Å². The molecule has 1 fully saturated rings. The lowest BCUT2D eigenvalue weighted by Crippen LogP contribution is -2.45. The van der Waals surface area contributed by atoms with E-state index in [4.69, 9.17) is 21.5 Å². The monoisotopic (exact) mass is 512 g/mol.